The molecule has 1 amide bonds. The van der Waals surface area contributed by atoms with Crippen molar-refractivity contribution in [3.63, 3.8) is 0 Å². The minimum atomic E-state index is 0.0724. The van der Waals surface area contributed by atoms with Gasteiger partial charge in [-0.2, -0.15) is 0 Å². The number of halogens is 1. The largest absolute Gasteiger partial charge is 0.338 e. The van der Waals surface area contributed by atoms with Gasteiger partial charge < -0.3 is 10.2 Å². The van der Waals surface area contributed by atoms with Gasteiger partial charge in [-0.3, -0.25) is 4.79 Å². The van der Waals surface area contributed by atoms with Crippen molar-refractivity contribution in [1.82, 2.24) is 10.2 Å². The molecule has 1 aliphatic rings. The van der Waals surface area contributed by atoms with Crippen LogP contribution in [0.3, 0.4) is 0 Å². The molecule has 1 aromatic rings. The summed E-state index contributed by atoms with van der Waals surface area (Å²) in [5, 5.41) is 5.75. The Labute approximate surface area is 111 Å². The Morgan fingerprint density at radius 2 is 2.18 bits per heavy atom. The zero-order valence-electron chi connectivity index (χ0n) is 10.1. The van der Waals surface area contributed by atoms with Crippen LogP contribution >= 0.6 is 22.9 Å². The first kappa shape index (κ1) is 12.9. The lowest BCUT2D eigenvalue weighted by Crippen LogP contribution is -2.51. The summed E-state index contributed by atoms with van der Waals surface area (Å²) in [6, 6.07) is 1.78. The molecule has 0 spiro atoms. The average Bonchev–Trinajstić information content (AvgIpc) is 2.76. The average molecular weight is 273 g/mol. The lowest BCUT2D eigenvalue weighted by molar-refractivity contribution is 0.0667. The van der Waals surface area contributed by atoms with Crippen LogP contribution in [0.5, 0.6) is 0 Å². The Bertz CT molecular complexity index is 410. The van der Waals surface area contributed by atoms with Crippen LogP contribution in [0.25, 0.3) is 0 Å². The Kier molecular flexibility index (Phi) is 3.76. The number of rotatable bonds is 2. The number of hydrogen-bond donors (Lipinski definition) is 1. The second-order valence-electron chi connectivity index (χ2n) is 4.70. The third-order valence-corrected chi connectivity index (χ3v) is 4.90. The normalized spacial score (nSPS) is 19.4. The van der Waals surface area contributed by atoms with E-state index in [9.17, 15) is 4.79 Å². The molecule has 0 aliphatic carbocycles. The number of carbonyl (C=O) groups is 1. The van der Waals surface area contributed by atoms with E-state index in [1.165, 1.54) is 11.3 Å². The Morgan fingerprint density at radius 1 is 1.53 bits per heavy atom. The van der Waals surface area contributed by atoms with Crippen molar-refractivity contribution in [3.8, 4) is 0 Å². The Morgan fingerprint density at radius 3 is 2.65 bits per heavy atom. The van der Waals surface area contributed by atoms with Gasteiger partial charge in [0.1, 0.15) is 4.88 Å². The molecular formula is C12H17ClN2OS. The lowest BCUT2D eigenvalue weighted by Gasteiger charge is -2.39. The van der Waals surface area contributed by atoms with Crippen LogP contribution in [0.1, 0.15) is 29.4 Å². The summed E-state index contributed by atoms with van der Waals surface area (Å²) in [5.74, 6) is 0.0724. The molecule has 1 aromatic heterocycles. The standard InChI is InChI=1S/C12H17ClN2OS/c1-12(14-2)4-6-15(7-5-12)11(16)10-9(13)3-8-17-10/h3,8,14H,4-7H2,1-2H3. The van der Waals surface area contributed by atoms with Crippen molar-refractivity contribution >= 4 is 28.8 Å². The Hall–Kier alpha value is -0.580. The fourth-order valence-electron chi connectivity index (χ4n) is 2.04. The number of likely N-dealkylation sites (tertiary alicyclic amines) is 1. The van der Waals surface area contributed by atoms with Crippen LogP contribution in [0.2, 0.25) is 5.02 Å². The topological polar surface area (TPSA) is 32.3 Å². The predicted octanol–water partition coefficient (Wildman–Crippen LogP) is 2.62. The highest BCUT2D eigenvalue weighted by Gasteiger charge is 2.31. The van der Waals surface area contributed by atoms with Gasteiger partial charge in [0.15, 0.2) is 0 Å². The van der Waals surface area contributed by atoms with E-state index in [0.717, 1.165) is 25.9 Å². The molecular weight excluding hydrogens is 256 g/mol. The van der Waals surface area contributed by atoms with Gasteiger partial charge in [-0.25, -0.2) is 0 Å². The van der Waals surface area contributed by atoms with Gasteiger partial charge in [-0.05, 0) is 38.3 Å². The lowest BCUT2D eigenvalue weighted by atomic mass is 9.90. The van der Waals surface area contributed by atoms with Crippen molar-refractivity contribution in [2.75, 3.05) is 20.1 Å². The van der Waals surface area contributed by atoms with Crippen molar-refractivity contribution in [1.29, 1.82) is 0 Å². The number of carbonyl (C=O) groups excluding carboxylic acids is 1. The first-order chi connectivity index (χ1) is 8.06. The number of amides is 1. The predicted molar refractivity (Wildman–Crippen MR) is 71.9 cm³/mol. The summed E-state index contributed by atoms with van der Waals surface area (Å²) in [5.41, 5.74) is 0.163. The molecule has 17 heavy (non-hydrogen) atoms. The zero-order valence-corrected chi connectivity index (χ0v) is 11.7. The van der Waals surface area contributed by atoms with Crippen molar-refractivity contribution in [2.24, 2.45) is 0 Å². The smallest absolute Gasteiger partial charge is 0.265 e. The van der Waals surface area contributed by atoms with E-state index in [-0.39, 0.29) is 11.4 Å². The van der Waals surface area contributed by atoms with Crippen LogP contribution < -0.4 is 5.32 Å². The molecule has 0 atom stereocenters. The van der Waals surface area contributed by atoms with Crippen molar-refractivity contribution < 1.29 is 4.79 Å². The van der Waals surface area contributed by atoms with Gasteiger partial charge in [0.05, 0.1) is 5.02 Å². The highest BCUT2D eigenvalue weighted by molar-refractivity contribution is 7.12. The number of nitrogens with one attached hydrogen (secondary N) is 1. The van der Waals surface area contributed by atoms with Gasteiger partial charge in [0, 0.05) is 18.6 Å². The second-order valence-corrected chi connectivity index (χ2v) is 6.02. The van der Waals surface area contributed by atoms with Crippen molar-refractivity contribution in [3.05, 3.63) is 21.3 Å². The van der Waals surface area contributed by atoms with E-state index >= 15 is 0 Å². The minimum Gasteiger partial charge on any atom is -0.338 e. The molecule has 1 fully saturated rings. The molecule has 0 saturated carbocycles. The molecule has 0 unspecified atom stereocenters. The van der Waals surface area contributed by atoms with Gasteiger partial charge in [-0.1, -0.05) is 11.6 Å². The fraction of sp³-hybridized carbons (Fsp3) is 0.583. The summed E-state index contributed by atoms with van der Waals surface area (Å²) in [6.45, 7) is 3.79. The summed E-state index contributed by atoms with van der Waals surface area (Å²) in [6.07, 6.45) is 1.97. The number of nitrogens with zero attached hydrogens (tertiary/aromatic N) is 1. The van der Waals surface area contributed by atoms with Gasteiger partial charge in [-0.15, -0.1) is 11.3 Å². The van der Waals surface area contributed by atoms with Gasteiger partial charge in [0.25, 0.3) is 5.91 Å². The van der Waals surface area contributed by atoms with Crippen LogP contribution in [0, 0.1) is 0 Å². The summed E-state index contributed by atoms with van der Waals surface area (Å²) >= 11 is 7.41. The molecule has 5 heteroatoms. The summed E-state index contributed by atoms with van der Waals surface area (Å²) < 4.78 is 0. The molecule has 1 aliphatic heterocycles. The highest BCUT2D eigenvalue weighted by atomic mass is 35.5. The maximum Gasteiger partial charge on any atom is 0.265 e. The van der Waals surface area contributed by atoms with E-state index < -0.39 is 0 Å². The van der Waals surface area contributed by atoms with Gasteiger partial charge >= 0.3 is 0 Å². The van der Waals surface area contributed by atoms with Crippen LogP contribution in [0.4, 0.5) is 0 Å². The first-order valence-corrected chi connectivity index (χ1v) is 7.03. The van der Waals surface area contributed by atoms with Crippen LogP contribution in [0.15, 0.2) is 11.4 Å². The third-order valence-electron chi connectivity index (χ3n) is 3.57. The molecule has 94 valence electrons. The SMILES string of the molecule is CNC1(C)CCN(C(=O)c2sccc2Cl)CC1. The van der Waals surface area contributed by atoms with E-state index in [0.29, 0.717) is 9.90 Å². The fourth-order valence-corrected chi connectivity index (χ4v) is 3.15. The molecule has 2 rings (SSSR count). The van der Waals surface area contributed by atoms with E-state index in [1.54, 1.807) is 6.07 Å². The van der Waals surface area contributed by atoms with E-state index in [1.807, 2.05) is 17.3 Å². The van der Waals surface area contributed by atoms with E-state index in [4.69, 9.17) is 11.6 Å². The number of hydrogen-bond acceptors (Lipinski definition) is 3. The second kappa shape index (κ2) is 4.96. The molecule has 3 nitrogen and oxygen atoms in total. The molecule has 1 saturated heterocycles. The zero-order chi connectivity index (χ0) is 12.5. The quantitative estimate of drug-likeness (QED) is 0.898. The number of piperidine rings is 1. The molecule has 0 aromatic carbocycles. The first-order valence-electron chi connectivity index (χ1n) is 5.77. The maximum absolute atomic E-state index is 12.2. The van der Waals surface area contributed by atoms with E-state index in [2.05, 4.69) is 12.2 Å². The van der Waals surface area contributed by atoms with Gasteiger partial charge in [0.2, 0.25) is 0 Å². The summed E-state index contributed by atoms with van der Waals surface area (Å²) in [4.78, 5) is 14.8. The summed E-state index contributed by atoms with van der Waals surface area (Å²) in [7, 11) is 1.98. The third kappa shape index (κ3) is 2.64. The monoisotopic (exact) mass is 272 g/mol. The Balaban J connectivity index is 2.02. The minimum absolute atomic E-state index is 0.0724. The van der Waals surface area contributed by atoms with Crippen LogP contribution in [-0.4, -0.2) is 36.5 Å². The molecule has 0 radical (unpaired) electrons. The molecule has 1 N–H and O–H groups in total. The highest BCUT2D eigenvalue weighted by Crippen LogP contribution is 2.27. The molecule has 0 bridgehead atoms. The van der Waals surface area contributed by atoms with Crippen LogP contribution in [-0.2, 0) is 0 Å². The maximum atomic E-state index is 12.2. The van der Waals surface area contributed by atoms with Crippen molar-refractivity contribution in [2.45, 2.75) is 25.3 Å². The molecule has 2 heterocycles. The number of thiophene rings is 1.